The highest BCUT2D eigenvalue weighted by Crippen LogP contribution is 2.48. The fourth-order valence-corrected chi connectivity index (χ4v) is 4.77. The van der Waals surface area contributed by atoms with Crippen LogP contribution >= 0.6 is 23.8 Å². The summed E-state index contributed by atoms with van der Waals surface area (Å²) < 4.78 is 11.7. The molecular weight excluding hydrogens is 422 g/mol. The maximum atomic E-state index is 13.5. The van der Waals surface area contributed by atoms with Gasteiger partial charge in [0.15, 0.2) is 10.8 Å². The van der Waals surface area contributed by atoms with Crippen LogP contribution in [0.15, 0.2) is 48.5 Å². The number of carbonyl (C=O) groups is 1. The minimum absolute atomic E-state index is 0.147. The molecule has 2 heterocycles. The molecule has 158 valence electrons. The summed E-state index contributed by atoms with van der Waals surface area (Å²) >= 11 is 11.6. The number of fused-ring (bicyclic) bond motifs is 4. The first-order valence-electron chi connectivity index (χ1n) is 9.85. The minimum Gasteiger partial charge on any atom is -0.467 e. The molecule has 0 aromatic heterocycles. The molecule has 1 saturated heterocycles. The Hall–Kier alpha value is -2.35. The van der Waals surface area contributed by atoms with Crippen molar-refractivity contribution in [2.24, 2.45) is 5.92 Å². The summed E-state index contributed by atoms with van der Waals surface area (Å²) in [6.45, 7) is 3.13. The number of amides is 1. The Morgan fingerprint density at radius 1 is 1.30 bits per heavy atom. The second kappa shape index (κ2) is 8.41. The molecule has 3 unspecified atom stereocenters. The van der Waals surface area contributed by atoms with E-state index in [1.807, 2.05) is 36.1 Å². The third-order valence-corrected chi connectivity index (χ3v) is 6.26. The van der Waals surface area contributed by atoms with Crippen molar-refractivity contribution in [3.63, 3.8) is 0 Å². The molecule has 30 heavy (non-hydrogen) atoms. The number of thiocarbonyl (C=S) groups is 1. The monoisotopic (exact) mass is 445 g/mol. The molecule has 1 fully saturated rings. The van der Waals surface area contributed by atoms with Gasteiger partial charge in [-0.1, -0.05) is 29.8 Å². The van der Waals surface area contributed by atoms with E-state index in [-0.39, 0.29) is 11.9 Å². The van der Waals surface area contributed by atoms with Crippen LogP contribution in [0.1, 0.15) is 24.9 Å². The van der Waals surface area contributed by atoms with Crippen LogP contribution in [0, 0.1) is 5.92 Å². The fraction of sp³-hybridized carbons (Fsp3) is 0.364. The van der Waals surface area contributed by atoms with Crippen molar-refractivity contribution < 1.29 is 14.3 Å². The van der Waals surface area contributed by atoms with E-state index in [2.05, 4.69) is 10.6 Å². The van der Waals surface area contributed by atoms with Gasteiger partial charge in [0, 0.05) is 36.5 Å². The molecule has 2 aromatic carbocycles. The molecule has 2 aliphatic heterocycles. The van der Waals surface area contributed by atoms with E-state index in [4.69, 9.17) is 33.3 Å². The lowest BCUT2D eigenvalue weighted by atomic mass is 9.78. The van der Waals surface area contributed by atoms with E-state index in [0.717, 1.165) is 17.7 Å². The molecule has 2 N–H and O–H groups in total. The van der Waals surface area contributed by atoms with Crippen molar-refractivity contribution in [3.05, 3.63) is 59.1 Å². The number of para-hydroxylation sites is 1. The fourth-order valence-electron chi connectivity index (χ4n) is 4.24. The number of rotatable bonds is 6. The Labute approximate surface area is 186 Å². The van der Waals surface area contributed by atoms with Crippen molar-refractivity contribution in [3.8, 4) is 5.75 Å². The summed E-state index contributed by atoms with van der Waals surface area (Å²) in [5.41, 5.74) is 0.662. The van der Waals surface area contributed by atoms with E-state index >= 15 is 0 Å². The van der Waals surface area contributed by atoms with E-state index < -0.39 is 11.6 Å². The highest BCUT2D eigenvalue weighted by Gasteiger charge is 2.58. The highest BCUT2D eigenvalue weighted by atomic mass is 35.5. The topological polar surface area (TPSA) is 62.8 Å². The molecule has 0 spiro atoms. The van der Waals surface area contributed by atoms with Crippen molar-refractivity contribution >= 4 is 40.5 Å². The Balaban J connectivity index is 1.70. The third kappa shape index (κ3) is 3.73. The number of nitrogens with zero attached hydrogens (tertiary/aromatic N) is 1. The molecule has 6 nitrogen and oxygen atoms in total. The quantitative estimate of drug-likeness (QED) is 0.518. The smallest absolute Gasteiger partial charge is 0.236 e. The van der Waals surface area contributed by atoms with Crippen molar-refractivity contribution in [1.29, 1.82) is 0 Å². The average molecular weight is 446 g/mol. The van der Waals surface area contributed by atoms with Crippen LogP contribution in [-0.4, -0.2) is 41.9 Å². The number of hydrogen-bond donors (Lipinski definition) is 2. The maximum absolute atomic E-state index is 13.5. The number of halogens is 1. The zero-order valence-electron chi connectivity index (χ0n) is 16.9. The van der Waals surface area contributed by atoms with Gasteiger partial charge in [0.1, 0.15) is 11.7 Å². The number of carbonyl (C=O) groups excluding carboxylic acids is 1. The number of methoxy groups -OCH3 is 1. The predicted molar refractivity (Wildman–Crippen MR) is 121 cm³/mol. The summed E-state index contributed by atoms with van der Waals surface area (Å²) in [7, 11) is 1.67. The van der Waals surface area contributed by atoms with E-state index in [9.17, 15) is 4.79 Å². The molecule has 3 atom stereocenters. The number of benzene rings is 2. The highest BCUT2D eigenvalue weighted by molar-refractivity contribution is 7.80. The van der Waals surface area contributed by atoms with Gasteiger partial charge in [-0.05, 0) is 55.9 Å². The number of anilines is 1. The number of ether oxygens (including phenoxy) is 2. The van der Waals surface area contributed by atoms with Gasteiger partial charge in [0.2, 0.25) is 5.91 Å². The zero-order valence-corrected chi connectivity index (χ0v) is 18.4. The van der Waals surface area contributed by atoms with Crippen LogP contribution < -0.4 is 15.4 Å². The van der Waals surface area contributed by atoms with Gasteiger partial charge >= 0.3 is 0 Å². The molecule has 4 rings (SSSR count). The Morgan fingerprint density at radius 2 is 2.03 bits per heavy atom. The summed E-state index contributed by atoms with van der Waals surface area (Å²) in [6, 6.07) is 14.5. The summed E-state index contributed by atoms with van der Waals surface area (Å²) in [5, 5.41) is 7.59. The lowest BCUT2D eigenvalue weighted by molar-refractivity contribution is -0.149. The standard InChI is InChI=1S/C22H24ClN3O3S/c1-22-18(20(27)24-15-10-8-14(23)9-11-15)19(16-6-3-4-7-17(16)29-22)25-21(30)26(22)12-5-13-28-2/h3-4,6-11,18-19H,5,12-13H2,1-2H3,(H,24,27)(H,25,30). The molecule has 8 heteroatoms. The van der Waals surface area contributed by atoms with Gasteiger partial charge in [-0.2, -0.15) is 0 Å². The van der Waals surface area contributed by atoms with Crippen LogP contribution in [0.5, 0.6) is 5.75 Å². The second-order valence-corrected chi connectivity index (χ2v) is 8.42. The van der Waals surface area contributed by atoms with Crippen LogP contribution in [0.4, 0.5) is 5.69 Å². The number of nitrogens with one attached hydrogen (secondary N) is 2. The Morgan fingerprint density at radius 3 is 2.77 bits per heavy atom. The molecule has 0 radical (unpaired) electrons. The molecular formula is C22H24ClN3O3S. The summed E-state index contributed by atoms with van der Waals surface area (Å²) in [4.78, 5) is 15.5. The first-order chi connectivity index (χ1) is 14.4. The molecule has 0 saturated carbocycles. The van der Waals surface area contributed by atoms with Gasteiger partial charge in [0.25, 0.3) is 0 Å². The first kappa shape index (κ1) is 20.9. The lowest BCUT2D eigenvalue weighted by Gasteiger charge is -2.56. The Bertz CT molecular complexity index is 955. The zero-order chi connectivity index (χ0) is 21.3. The normalized spacial score (nSPS) is 24.5. The Kier molecular flexibility index (Phi) is 5.86. The maximum Gasteiger partial charge on any atom is 0.236 e. The predicted octanol–water partition coefficient (Wildman–Crippen LogP) is 3.97. The SMILES string of the molecule is COCCCN1C(=S)NC2c3ccccc3OC1(C)C2C(=O)Nc1ccc(Cl)cc1. The van der Waals surface area contributed by atoms with Crippen LogP contribution in [-0.2, 0) is 9.53 Å². The van der Waals surface area contributed by atoms with E-state index in [0.29, 0.717) is 29.0 Å². The summed E-state index contributed by atoms with van der Waals surface area (Å²) in [6.07, 6.45) is 0.759. The molecule has 2 aliphatic rings. The van der Waals surface area contributed by atoms with E-state index in [1.165, 1.54) is 0 Å². The number of hydrogen-bond acceptors (Lipinski definition) is 4. The van der Waals surface area contributed by atoms with Gasteiger partial charge in [-0.25, -0.2) is 0 Å². The van der Waals surface area contributed by atoms with Crippen LogP contribution in [0.25, 0.3) is 0 Å². The van der Waals surface area contributed by atoms with Crippen LogP contribution in [0.3, 0.4) is 0 Å². The van der Waals surface area contributed by atoms with E-state index in [1.54, 1.807) is 31.4 Å². The molecule has 1 amide bonds. The largest absolute Gasteiger partial charge is 0.467 e. The second-order valence-electron chi connectivity index (χ2n) is 7.59. The van der Waals surface area contributed by atoms with Crippen molar-refractivity contribution in [2.45, 2.75) is 25.1 Å². The van der Waals surface area contributed by atoms with Crippen LogP contribution in [0.2, 0.25) is 5.02 Å². The van der Waals surface area contributed by atoms with Crippen molar-refractivity contribution in [1.82, 2.24) is 10.2 Å². The first-order valence-corrected chi connectivity index (χ1v) is 10.6. The average Bonchev–Trinajstić information content (AvgIpc) is 2.71. The van der Waals surface area contributed by atoms with Gasteiger partial charge < -0.3 is 25.0 Å². The van der Waals surface area contributed by atoms with Gasteiger partial charge in [-0.3, -0.25) is 4.79 Å². The van der Waals surface area contributed by atoms with Crippen molar-refractivity contribution in [2.75, 3.05) is 25.6 Å². The molecule has 0 aliphatic carbocycles. The summed E-state index contributed by atoms with van der Waals surface area (Å²) in [5.74, 6) is 0.0793. The third-order valence-electron chi connectivity index (χ3n) is 5.67. The molecule has 2 aromatic rings. The van der Waals surface area contributed by atoms with Gasteiger partial charge in [-0.15, -0.1) is 0 Å². The van der Waals surface area contributed by atoms with Gasteiger partial charge in [0.05, 0.1) is 6.04 Å². The lowest BCUT2D eigenvalue weighted by Crippen LogP contribution is -2.71. The minimum atomic E-state index is -0.939. The molecule has 2 bridgehead atoms.